The van der Waals surface area contributed by atoms with E-state index in [2.05, 4.69) is 4.99 Å². The molecule has 0 aliphatic carbocycles. The fraction of sp³-hybridized carbons (Fsp3) is 0.333. The number of aliphatic hydroxyl groups is 1. The van der Waals surface area contributed by atoms with Crippen molar-refractivity contribution in [2.45, 2.75) is 0 Å². The summed E-state index contributed by atoms with van der Waals surface area (Å²) in [5.41, 5.74) is 5.58. The van der Waals surface area contributed by atoms with Crippen LogP contribution in [0.3, 0.4) is 0 Å². The Bertz CT molecular complexity index is 178. The van der Waals surface area contributed by atoms with Crippen LogP contribution in [0.1, 0.15) is 0 Å². The average molecular weight is 139 g/mol. The topological polar surface area (TPSA) is 82.4 Å². The number of aliphatic imine (C=N–C) groups is 1. The Hall–Kier alpha value is -1.34. The summed E-state index contributed by atoms with van der Waals surface area (Å²) in [6.07, 6.45) is 2.63. The normalized spacial score (nSPS) is 11.8. The lowest BCUT2D eigenvalue weighted by Gasteiger charge is -1.89. The van der Waals surface area contributed by atoms with Gasteiger partial charge in [-0.2, -0.15) is 5.26 Å². The summed E-state index contributed by atoms with van der Waals surface area (Å²) in [7, 11) is 0. The summed E-state index contributed by atoms with van der Waals surface area (Å²) >= 11 is 0. The molecule has 0 bridgehead atoms. The fourth-order valence-corrected chi connectivity index (χ4v) is 0.340. The third kappa shape index (κ3) is 3.64. The zero-order chi connectivity index (χ0) is 7.82. The van der Waals surface area contributed by atoms with E-state index in [0.29, 0.717) is 5.57 Å². The Morgan fingerprint density at radius 2 is 2.50 bits per heavy atom. The van der Waals surface area contributed by atoms with Crippen molar-refractivity contribution in [2.24, 2.45) is 10.7 Å². The molecule has 0 spiro atoms. The number of nitrogens with two attached hydrogens (primary N) is 1. The second-order valence-corrected chi connectivity index (χ2v) is 1.53. The minimum atomic E-state index is -0.147. The van der Waals surface area contributed by atoms with Crippen LogP contribution in [0.4, 0.5) is 0 Å². The minimum absolute atomic E-state index is 0.0946. The molecule has 0 amide bonds. The van der Waals surface area contributed by atoms with Crippen LogP contribution in [-0.2, 0) is 0 Å². The molecule has 0 aromatic heterocycles. The highest BCUT2D eigenvalue weighted by Crippen LogP contribution is 1.83. The van der Waals surface area contributed by atoms with Crippen LogP contribution >= 0.6 is 0 Å². The van der Waals surface area contributed by atoms with Crippen LogP contribution in [0.2, 0.25) is 0 Å². The molecule has 10 heavy (non-hydrogen) atoms. The van der Waals surface area contributed by atoms with Crippen molar-refractivity contribution < 1.29 is 5.11 Å². The molecule has 0 aliphatic rings. The molecule has 0 rings (SSSR count). The predicted octanol–water partition coefficient (Wildman–Crippen LogP) is -0.584. The number of rotatable bonds is 3. The van der Waals surface area contributed by atoms with Crippen molar-refractivity contribution in [1.82, 2.24) is 0 Å². The van der Waals surface area contributed by atoms with Crippen LogP contribution < -0.4 is 5.73 Å². The number of nitrogens with zero attached hydrogens (tertiary/aromatic N) is 2. The van der Waals surface area contributed by atoms with Gasteiger partial charge in [0.25, 0.3) is 0 Å². The summed E-state index contributed by atoms with van der Waals surface area (Å²) in [6.45, 7) is -0.0528. The van der Waals surface area contributed by atoms with Gasteiger partial charge in [-0.1, -0.05) is 0 Å². The van der Waals surface area contributed by atoms with Crippen molar-refractivity contribution in [3.05, 3.63) is 11.8 Å². The zero-order valence-corrected chi connectivity index (χ0v) is 5.49. The molecule has 0 aromatic rings. The Morgan fingerprint density at radius 3 is 2.90 bits per heavy atom. The molecule has 0 aromatic carbocycles. The monoisotopic (exact) mass is 139 g/mol. The molecule has 0 heterocycles. The molecule has 0 aliphatic heterocycles. The molecule has 4 heteroatoms. The van der Waals surface area contributed by atoms with Gasteiger partial charge in [-0.15, -0.1) is 0 Å². The van der Waals surface area contributed by atoms with Gasteiger partial charge in [-0.05, 0) is 0 Å². The van der Waals surface area contributed by atoms with Gasteiger partial charge in [0.15, 0.2) is 0 Å². The van der Waals surface area contributed by atoms with Gasteiger partial charge >= 0.3 is 0 Å². The number of aliphatic hydroxyl groups excluding tert-OH is 1. The Labute approximate surface area is 59.3 Å². The largest absolute Gasteiger partial charge is 0.404 e. The van der Waals surface area contributed by atoms with Crippen LogP contribution in [0.5, 0.6) is 0 Å². The lowest BCUT2D eigenvalue weighted by atomic mass is 10.3. The van der Waals surface area contributed by atoms with Crippen molar-refractivity contribution in [2.75, 3.05) is 13.2 Å². The van der Waals surface area contributed by atoms with Crippen LogP contribution in [0, 0.1) is 11.3 Å². The van der Waals surface area contributed by atoms with Gasteiger partial charge in [0, 0.05) is 18.0 Å². The first-order valence-electron chi connectivity index (χ1n) is 2.73. The maximum absolute atomic E-state index is 8.50. The summed E-state index contributed by atoms with van der Waals surface area (Å²) in [5, 5.41) is 16.6. The summed E-state index contributed by atoms with van der Waals surface area (Å²) in [5.74, 6) is 0. The van der Waals surface area contributed by atoms with Gasteiger partial charge in [0.2, 0.25) is 0 Å². The second-order valence-electron chi connectivity index (χ2n) is 1.53. The van der Waals surface area contributed by atoms with Gasteiger partial charge in [0.1, 0.15) is 6.54 Å². The lowest BCUT2D eigenvalue weighted by Crippen LogP contribution is -1.96. The molecule has 0 saturated carbocycles. The number of hydrogen-bond acceptors (Lipinski definition) is 4. The summed E-state index contributed by atoms with van der Waals surface area (Å²) in [6, 6.07) is 1.82. The summed E-state index contributed by atoms with van der Waals surface area (Å²) < 4.78 is 0. The Kier molecular flexibility index (Phi) is 5.01. The summed E-state index contributed by atoms with van der Waals surface area (Å²) in [4.78, 5) is 3.64. The molecule has 0 unspecified atom stereocenters. The van der Waals surface area contributed by atoms with E-state index in [4.69, 9.17) is 16.1 Å². The molecule has 0 atom stereocenters. The Balaban J connectivity index is 3.77. The quantitative estimate of drug-likeness (QED) is 0.405. The minimum Gasteiger partial charge on any atom is -0.404 e. The highest BCUT2D eigenvalue weighted by Gasteiger charge is 1.85. The first kappa shape index (κ1) is 8.66. The highest BCUT2D eigenvalue weighted by molar-refractivity contribution is 5.78. The van der Waals surface area contributed by atoms with E-state index in [1.807, 2.05) is 6.07 Å². The number of nitriles is 1. The van der Waals surface area contributed by atoms with Crippen LogP contribution in [0.25, 0.3) is 0 Å². The molecule has 54 valence electrons. The maximum Gasteiger partial charge on any atom is 0.126 e. The Morgan fingerprint density at radius 1 is 1.80 bits per heavy atom. The smallest absolute Gasteiger partial charge is 0.126 e. The van der Waals surface area contributed by atoms with E-state index < -0.39 is 0 Å². The third-order valence-electron chi connectivity index (χ3n) is 0.816. The lowest BCUT2D eigenvalue weighted by molar-refractivity contribution is 0.337. The molecule has 4 nitrogen and oxygen atoms in total. The highest BCUT2D eigenvalue weighted by atomic mass is 16.3. The molecule has 0 saturated heterocycles. The van der Waals surface area contributed by atoms with E-state index in [1.54, 1.807) is 0 Å². The van der Waals surface area contributed by atoms with E-state index in [9.17, 15) is 0 Å². The van der Waals surface area contributed by atoms with Crippen LogP contribution in [-0.4, -0.2) is 24.5 Å². The standard InChI is InChI=1S/C6H9N3O/c7-1-2-9-4-6(3-8)5-10/h3-4,10H,2,5,8H2. The second kappa shape index (κ2) is 5.79. The molecular formula is C6H9N3O. The van der Waals surface area contributed by atoms with Gasteiger partial charge in [0.05, 0.1) is 12.7 Å². The van der Waals surface area contributed by atoms with Gasteiger partial charge < -0.3 is 10.8 Å². The van der Waals surface area contributed by atoms with E-state index in [0.717, 1.165) is 0 Å². The third-order valence-corrected chi connectivity index (χ3v) is 0.816. The molecule has 3 N–H and O–H groups in total. The molecule has 0 fully saturated rings. The van der Waals surface area contributed by atoms with E-state index in [-0.39, 0.29) is 13.2 Å². The first-order chi connectivity index (χ1) is 4.85. The van der Waals surface area contributed by atoms with Crippen molar-refractivity contribution in [3.8, 4) is 6.07 Å². The zero-order valence-electron chi connectivity index (χ0n) is 5.49. The van der Waals surface area contributed by atoms with Crippen molar-refractivity contribution in [3.63, 3.8) is 0 Å². The molecular weight excluding hydrogens is 130 g/mol. The number of hydrogen-bond donors (Lipinski definition) is 2. The maximum atomic E-state index is 8.50. The average Bonchev–Trinajstić information content (AvgIpc) is 1.99. The van der Waals surface area contributed by atoms with Crippen LogP contribution in [0.15, 0.2) is 16.8 Å². The van der Waals surface area contributed by atoms with Gasteiger partial charge in [-0.3, -0.25) is 4.99 Å². The first-order valence-corrected chi connectivity index (χ1v) is 2.73. The predicted molar refractivity (Wildman–Crippen MR) is 38.3 cm³/mol. The van der Waals surface area contributed by atoms with Crippen molar-refractivity contribution in [1.29, 1.82) is 5.26 Å². The van der Waals surface area contributed by atoms with Crippen molar-refractivity contribution >= 4 is 6.21 Å². The molecule has 0 radical (unpaired) electrons. The van der Waals surface area contributed by atoms with Gasteiger partial charge in [-0.25, -0.2) is 0 Å². The fourth-order valence-electron chi connectivity index (χ4n) is 0.340. The van der Waals surface area contributed by atoms with E-state index in [1.165, 1.54) is 12.4 Å². The SMILES string of the molecule is N#CCN=CC(=CN)CO. The van der Waals surface area contributed by atoms with E-state index >= 15 is 0 Å².